The van der Waals surface area contributed by atoms with Crippen molar-refractivity contribution in [3.63, 3.8) is 0 Å². The monoisotopic (exact) mass is 473 g/mol. The molecule has 11 heteroatoms. The molecule has 1 unspecified atom stereocenters. The van der Waals surface area contributed by atoms with Gasteiger partial charge in [0, 0.05) is 19.2 Å². The normalized spacial score (nSPS) is 19.5. The summed E-state index contributed by atoms with van der Waals surface area (Å²) in [5, 5.41) is 5.51. The standard InChI is InChI=1S/C22H23N3O7S/c1-13-7-15-18(30-11-21(26)24-15)9-20(13)33(28,29)25-6-2-3-16(25)22(27)23-10-14-4-5-17-19(8-14)32-12-31-17/h4-5,7-9,16H,2-3,6,10-12H2,1H3,(H,23,27)(H,24,26). The quantitative estimate of drug-likeness (QED) is 0.675. The Balaban J connectivity index is 1.33. The van der Waals surface area contributed by atoms with Gasteiger partial charge in [-0.25, -0.2) is 8.42 Å². The summed E-state index contributed by atoms with van der Waals surface area (Å²) in [6.45, 7) is 2.13. The lowest BCUT2D eigenvalue weighted by atomic mass is 10.2. The number of ether oxygens (including phenoxy) is 3. The zero-order valence-electron chi connectivity index (χ0n) is 17.9. The molecule has 2 aromatic rings. The van der Waals surface area contributed by atoms with Crippen LogP contribution >= 0.6 is 0 Å². The van der Waals surface area contributed by atoms with E-state index in [2.05, 4.69) is 10.6 Å². The van der Waals surface area contributed by atoms with Gasteiger partial charge in [-0.05, 0) is 49.1 Å². The number of benzene rings is 2. The molecule has 174 valence electrons. The summed E-state index contributed by atoms with van der Waals surface area (Å²) in [4.78, 5) is 24.6. The summed E-state index contributed by atoms with van der Waals surface area (Å²) < 4.78 is 44.3. The SMILES string of the molecule is Cc1cc2c(cc1S(=O)(=O)N1CCCC1C(=O)NCc1ccc3c(c1)OCO3)OCC(=O)N2. The Morgan fingerprint density at radius 2 is 1.97 bits per heavy atom. The van der Waals surface area contributed by atoms with Gasteiger partial charge in [-0.2, -0.15) is 4.31 Å². The zero-order valence-corrected chi connectivity index (χ0v) is 18.7. The van der Waals surface area contributed by atoms with Crippen LogP contribution in [0.2, 0.25) is 0 Å². The van der Waals surface area contributed by atoms with E-state index in [9.17, 15) is 18.0 Å². The van der Waals surface area contributed by atoms with Gasteiger partial charge < -0.3 is 24.8 Å². The van der Waals surface area contributed by atoms with Crippen molar-refractivity contribution in [1.82, 2.24) is 9.62 Å². The van der Waals surface area contributed by atoms with Crippen LogP contribution in [0.25, 0.3) is 0 Å². The third-order valence-corrected chi connectivity index (χ3v) is 7.96. The Hall–Kier alpha value is -3.31. The number of hydrogen-bond acceptors (Lipinski definition) is 7. The number of rotatable bonds is 5. The molecule has 2 aromatic carbocycles. The highest BCUT2D eigenvalue weighted by Gasteiger charge is 2.40. The van der Waals surface area contributed by atoms with E-state index in [0.717, 1.165) is 5.56 Å². The van der Waals surface area contributed by atoms with Crippen molar-refractivity contribution in [2.75, 3.05) is 25.3 Å². The summed E-state index contributed by atoms with van der Waals surface area (Å²) in [6.07, 6.45) is 1.01. The van der Waals surface area contributed by atoms with Crippen LogP contribution in [0, 0.1) is 6.92 Å². The number of aryl methyl sites for hydroxylation is 1. The van der Waals surface area contributed by atoms with Crippen LogP contribution in [0.15, 0.2) is 35.2 Å². The van der Waals surface area contributed by atoms with E-state index >= 15 is 0 Å². The highest BCUT2D eigenvalue weighted by molar-refractivity contribution is 7.89. The van der Waals surface area contributed by atoms with Gasteiger partial charge >= 0.3 is 0 Å². The Bertz CT molecular complexity index is 1240. The minimum Gasteiger partial charge on any atom is -0.482 e. The number of anilines is 1. The van der Waals surface area contributed by atoms with E-state index < -0.39 is 16.1 Å². The second-order valence-electron chi connectivity index (χ2n) is 8.13. The summed E-state index contributed by atoms with van der Waals surface area (Å²) in [7, 11) is -3.96. The fourth-order valence-corrected chi connectivity index (χ4v) is 6.15. The van der Waals surface area contributed by atoms with Crippen LogP contribution in [0.1, 0.15) is 24.0 Å². The van der Waals surface area contributed by atoms with Gasteiger partial charge in [0.05, 0.1) is 10.6 Å². The predicted octanol–water partition coefficient (Wildman–Crippen LogP) is 1.52. The third-order valence-electron chi connectivity index (χ3n) is 5.91. The van der Waals surface area contributed by atoms with Crippen LogP contribution in [0.3, 0.4) is 0 Å². The van der Waals surface area contributed by atoms with Crippen LogP contribution in [-0.4, -0.2) is 50.5 Å². The molecule has 1 saturated heterocycles. The van der Waals surface area contributed by atoms with E-state index in [4.69, 9.17) is 14.2 Å². The second-order valence-corrected chi connectivity index (χ2v) is 9.99. The Labute approximate surface area is 190 Å². The summed E-state index contributed by atoms with van der Waals surface area (Å²) >= 11 is 0. The van der Waals surface area contributed by atoms with Crippen LogP contribution in [0.5, 0.6) is 17.2 Å². The average Bonchev–Trinajstić information content (AvgIpc) is 3.46. The van der Waals surface area contributed by atoms with E-state index in [1.165, 1.54) is 10.4 Å². The van der Waals surface area contributed by atoms with Gasteiger partial charge in [0.1, 0.15) is 11.8 Å². The van der Waals surface area contributed by atoms with Crippen molar-refractivity contribution in [2.24, 2.45) is 0 Å². The predicted molar refractivity (Wildman–Crippen MR) is 117 cm³/mol. The van der Waals surface area contributed by atoms with Crippen LogP contribution < -0.4 is 24.8 Å². The molecule has 0 bridgehead atoms. The first kappa shape index (κ1) is 21.5. The number of carbonyl (C=O) groups is 2. The Morgan fingerprint density at radius 1 is 1.15 bits per heavy atom. The van der Waals surface area contributed by atoms with Gasteiger partial charge in [0.15, 0.2) is 18.1 Å². The highest BCUT2D eigenvalue weighted by Crippen LogP contribution is 2.36. The smallest absolute Gasteiger partial charge is 0.262 e. The fraction of sp³-hybridized carbons (Fsp3) is 0.364. The maximum Gasteiger partial charge on any atom is 0.262 e. The van der Waals surface area contributed by atoms with Crippen molar-refractivity contribution in [3.05, 3.63) is 41.5 Å². The molecule has 0 spiro atoms. The number of sulfonamides is 1. The van der Waals surface area contributed by atoms with Gasteiger partial charge in [-0.15, -0.1) is 0 Å². The fourth-order valence-electron chi connectivity index (χ4n) is 4.27. The molecule has 1 fully saturated rings. The molecule has 3 aliphatic heterocycles. The zero-order chi connectivity index (χ0) is 23.2. The van der Waals surface area contributed by atoms with E-state index in [1.807, 2.05) is 6.07 Å². The highest BCUT2D eigenvalue weighted by atomic mass is 32.2. The molecule has 10 nitrogen and oxygen atoms in total. The van der Waals surface area contributed by atoms with Crippen molar-refractivity contribution < 1.29 is 32.2 Å². The molecule has 5 rings (SSSR count). The van der Waals surface area contributed by atoms with Gasteiger partial charge in [-0.3, -0.25) is 9.59 Å². The van der Waals surface area contributed by atoms with Crippen LogP contribution in [-0.2, 0) is 26.2 Å². The minimum atomic E-state index is -3.96. The summed E-state index contributed by atoms with van der Waals surface area (Å²) in [5.41, 5.74) is 1.72. The van der Waals surface area contributed by atoms with Gasteiger partial charge in [0.2, 0.25) is 22.7 Å². The maximum atomic E-state index is 13.5. The van der Waals surface area contributed by atoms with Crippen molar-refractivity contribution in [3.8, 4) is 17.2 Å². The van der Waals surface area contributed by atoms with Crippen LogP contribution in [0.4, 0.5) is 5.69 Å². The van der Waals surface area contributed by atoms with Gasteiger partial charge in [0.25, 0.3) is 5.91 Å². The lowest BCUT2D eigenvalue weighted by Crippen LogP contribution is -2.45. The molecule has 2 N–H and O–H groups in total. The maximum absolute atomic E-state index is 13.5. The number of fused-ring (bicyclic) bond motifs is 2. The lowest BCUT2D eigenvalue weighted by molar-refractivity contribution is -0.124. The molecule has 33 heavy (non-hydrogen) atoms. The number of carbonyl (C=O) groups excluding carboxylic acids is 2. The van der Waals surface area contributed by atoms with Crippen molar-refractivity contribution in [2.45, 2.75) is 37.2 Å². The molecule has 0 saturated carbocycles. The number of hydrogen-bond donors (Lipinski definition) is 2. The minimum absolute atomic E-state index is 0.0628. The van der Waals surface area contributed by atoms with E-state index in [-0.39, 0.29) is 43.2 Å². The lowest BCUT2D eigenvalue weighted by Gasteiger charge is -2.26. The summed E-state index contributed by atoms with van der Waals surface area (Å²) in [5.74, 6) is 0.918. The molecule has 0 aliphatic carbocycles. The molecule has 2 amide bonds. The molecule has 0 radical (unpaired) electrons. The second kappa shape index (κ2) is 8.23. The van der Waals surface area contributed by atoms with Crippen molar-refractivity contribution >= 4 is 27.5 Å². The molecule has 1 atom stereocenters. The van der Waals surface area contributed by atoms with Crippen molar-refractivity contribution in [1.29, 1.82) is 0 Å². The first-order valence-corrected chi connectivity index (χ1v) is 12.0. The molecule has 3 heterocycles. The number of amides is 2. The molecule has 3 aliphatic rings. The number of nitrogens with one attached hydrogen (secondary N) is 2. The Morgan fingerprint density at radius 3 is 2.82 bits per heavy atom. The summed E-state index contributed by atoms with van der Waals surface area (Å²) in [6, 6.07) is 7.58. The Kier molecular flexibility index (Phi) is 5.37. The first-order valence-electron chi connectivity index (χ1n) is 10.6. The van der Waals surface area contributed by atoms with E-state index in [1.54, 1.807) is 25.1 Å². The average molecular weight is 474 g/mol. The molecular weight excluding hydrogens is 450 g/mol. The third kappa shape index (κ3) is 3.98. The van der Waals surface area contributed by atoms with Gasteiger partial charge in [-0.1, -0.05) is 6.07 Å². The molecular formula is C22H23N3O7S. The number of nitrogens with zero attached hydrogens (tertiary/aromatic N) is 1. The first-order chi connectivity index (χ1) is 15.8. The molecule has 0 aromatic heterocycles. The van der Waals surface area contributed by atoms with E-state index in [0.29, 0.717) is 41.3 Å². The largest absolute Gasteiger partial charge is 0.482 e. The topological polar surface area (TPSA) is 123 Å².